The van der Waals surface area contributed by atoms with Crippen LogP contribution in [0.3, 0.4) is 0 Å². The molecule has 2 heterocycles. The monoisotopic (exact) mass is 267 g/mol. The van der Waals surface area contributed by atoms with Crippen molar-refractivity contribution in [3.63, 3.8) is 0 Å². The molecule has 0 bridgehead atoms. The Balaban J connectivity index is 2.27. The molecule has 18 heavy (non-hydrogen) atoms. The molecule has 0 radical (unpaired) electrons. The van der Waals surface area contributed by atoms with E-state index in [2.05, 4.69) is 20.8 Å². The van der Waals surface area contributed by atoms with E-state index in [0.29, 0.717) is 11.2 Å². The summed E-state index contributed by atoms with van der Waals surface area (Å²) in [5.41, 5.74) is 6.69. The van der Waals surface area contributed by atoms with Crippen molar-refractivity contribution in [2.45, 2.75) is 12.6 Å². The topological polar surface area (TPSA) is 116 Å². The molecule has 0 aromatic carbocycles. The van der Waals surface area contributed by atoms with Crippen molar-refractivity contribution in [3.8, 4) is 5.81 Å². The molecule has 0 amide bonds. The van der Waals surface area contributed by atoms with E-state index in [4.69, 9.17) is 15.6 Å². The summed E-state index contributed by atoms with van der Waals surface area (Å²) in [6.45, 7) is 0.0364. The minimum absolute atomic E-state index is 0.247. The van der Waals surface area contributed by atoms with Gasteiger partial charge in [-0.3, -0.25) is 0 Å². The van der Waals surface area contributed by atoms with Gasteiger partial charge in [-0.25, -0.2) is 0 Å². The van der Waals surface area contributed by atoms with E-state index in [-0.39, 0.29) is 26.9 Å². The van der Waals surface area contributed by atoms with Gasteiger partial charge in [0.2, 0.25) is 0 Å². The number of aromatic nitrogens is 4. The van der Waals surface area contributed by atoms with Gasteiger partial charge in [-0.15, -0.1) is 0 Å². The van der Waals surface area contributed by atoms with Gasteiger partial charge < -0.3 is 0 Å². The van der Waals surface area contributed by atoms with E-state index >= 15 is 0 Å². The van der Waals surface area contributed by atoms with Crippen LogP contribution in [0.1, 0.15) is 0 Å². The van der Waals surface area contributed by atoms with Gasteiger partial charge in [-0.2, -0.15) is 0 Å². The first kappa shape index (κ1) is 12.7. The van der Waals surface area contributed by atoms with Crippen molar-refractivity contribution in [1.29, 1.82) is 0 Å². The summed E-state index contributed by atoms with van der Waals surface area (Å²) in [7, 11) is -0.371. The van der Waals surface area contributed by atoms with Gasteiger partial charge in [0.05, 0.1) is 0 Å². The number of aliphatic hydroxyl groups excluding tert-OH is 1. The number of nitrogens with zero attached hydrogens (tertiary/aromatic N) is 4. The first-order valence-corrected chi connectivity index (χ1v) is 5.82. The van der Waals surface area contributed by atoms with Crippen LogP contribution in [-0.2, 0) is 15.8 Å². The van der Waals surface area contributed by atoms with Crippen LogP contribution in [0, 0.1) is 5.81 Å². The molecule has 1 atom stereocenters. The number of anilines is 1. The van der Waals surface area contributed by atoms with Crippen molar-refractivity contribution < 1.29 is 14.4 Å². The van der Waals surface area contributed by atoms with Crippen LogP contribution >= 0.6 is 7.92 Å². The summed E-state index contributed by atoms with van der Waals surface area (Å²) < 4.78 is 16.8. The number of rotatable bonds is 4. The number of nitrogen functional groups attached to an aromatic ring is 1. The third-order valence-electron chi connectivity index (χ3n) is 2.29. The van der Waals surface area contributed by atoms with Crippen molar-refractivity contribution in [2.24, 2.45) is 0 Å². The first-order valence-electron chi connectivity index (χ1n) is 5.01. The van der Waals surface area contributed by atoms with E-state index in [1.165, 1.54) is 12.7 Å². The molecule has 0 spiro atoms. The molecule has 0 aliphatic heterocycles. The Kier molecular flexibility index (Phi) is 4.07. The van der Waals surface area contributed by atoms with Crippen LogP contribution in [0.15, 0.2) is 12.7 Å². The molecular formula is C9H10N5O3P. The standard InChI is InChI=1S/C9H10N5O3P/c10-8-7-9(12-3-11-8)14(4-13-7)1-6(2-15)17-5-18-16/h3-4,6,15H,1-2H2,(H2,10,11,12)/t6-/m0/s1. The van der Waals surface area contributed by atoms with Gasteiger partial charge >= 0.3 is 102 Å². The average molecular weight is 267 g/mol. The molecule has 0 saturated heterocycles. The third-order valence-corrected chi connectivity index (χ3v) is 2.47. The van der Waals surface area contributed by atoms with Crippen LogP contribution in [0.4, 0.5) is 5.82 Å². The molecule has 94 valence electrons. The number of nitrogens with two attached hydrogens (primary N) is 1. The van der Waals surface area contributed by atoms with E-state index in [1.807, 2.05) is 0 Å². The number of hydrogen-bond donors (Lipinski definition) is 2. The van der Waals surface area contributed by atoms with Gasteiger partial charge in [0.15, 0.2) is 0 Å². The Bertz CT molecular complexity index is 652. The third kappa shape index (κ3) is 2.57. The SMILES string of the molecule is Nc1ncnc2c1ncn2C[C@@H](CO)OC#P=O. The zero-order valence-electron chi connectivity index (χ0n) is 9.22. The molecular weight excluding hydrogens is 257 g/mol. The zero-order valence-corrected chi connectivity index (χ0v) is 10.1. The van der Waals surface area contributed by atoms with Gasteiger partial charge in [-0.1, -0.05) is 0 Å². The second-order valence-corrected chi connectivity index (χ2v) is 3.80. The molecule has 0 unspecified atom stereocenters. The normalized spacial score (nSPS) is 12.3. The van der Waals surface area contributed by atoms with Crippen LogP contribution in [0.2, 0.25) is 0 Å². The van der Waals surface area contributed by atoms with Crippen LogP contribution in [-0.4, -0.2) is 37.3 Å². The maximum atomic E-state index is 10.2. The summed E-state index contributed by atoms with van der Waals surface area (Å²) in [5, 5.41) is 9.12. The summed E-state index contributed by atoms with van der Waals surface area (Å²) in [6.07, 6.45) is 2.27. The second-order valence-electron chi connectivity index (χ2n) is 3.43. The summed E-state index contributed by atoms with van der Waals surface area (Å²) in [4.78, 5) is 12.0. The number of hydrogen-bond acceptors (Lipinski definition) is 7. The maximum absolute atomic E-state index is 10.2. The Morgan fingerprint density at radius 2 is 2.39 bits per heavy atom. The summed E-state index contributed by atoms with van der Waals surface area (Å²) >= 11 is 0. The zero-order chi connectivity index (χ0) is 13.0. The quantitative estimate of drug-likeness (QED) is 0.748. The van der Waals surface area contributed by atoms with E-state index < -0.39 is 6.10 Å². The molecule has 0 aliphatic rings. The van der Waals surface area contributed by atoms with Gasteiger partial charge in [-0.05, 0) is 0 Å². The fourth-order valence-corrected chi connectivity index (χ4v) is 1.67. The molecule has 3 N–H and O–H groups in total. The van der Waals surface area contributed by atoms with Crippen molar-refractivity contribution in [1.82, 2.24) is 19.5 Å². The minimum atomic E-state index is -0.583. The fraction of sp³-hybridized carbons (Fsp3) is 0.333. The van der Waals surface area contributed by atoms with Gasteiger partial charge in [0, 0.05) is 0 Å². The summed E-state index contributed by atoms with van der Waals surface area (Å²) in [5.74, 6) is 2.42. The van der Waals surface area contributed by atoms with Crippen molar-refractivity contribution in [2.75, 3.05) is 12.3 Å². The molecule has 2 aromatic rings. The van der Waals surface area contributed by atoms with Gasteiger partial charge in [0.25, 0.3) is 0 Å². The molecule has 2 rings (SSSR count). The number of imidazole rings is 1. The Hall–Kier alpha value is -1.72. The van der Waals surface area contributed by atoms with Crippen molar-refractivity contribution in [3.05, 3.63) is 12.7 Å². The van der Waals surface area contributed by atoms with Gasteiger partial charge in [0.1, 0.15) is 0 Å². The predicted octanol–water partition coefficient (Wildman–Crippen LogP) is -0.00560. The van der Waals surface area contributed by atoms with E-state index in [9.17, 15) is 4.57 Å². The molecule has 0 fully saturated rings. The molecule has 0 saturated carbocycles. The molecule has 9 heteroatoms. The van der Waals surface area contributed by atoms with Crippen LogP contribution in [0.5, 0.6) is 0 Å². The molecule has 8 nitrogen and oxygen atoms in total. The van der Waals surface area contributed by atoms with E-state index in [0.717, 1.165) is 0 Å². The van der Waals surface area contributed by atoms with Crippen LogP contribution < -0.4 is 5.73 Å². The Morgan fingerprint density at radius 3 is 3.11 bits per heavy atom. The Labute approximate surface area is 103 Å². The number of ether oxygens (including phenoxy) is 1. The Morgan fingerprint density at radius 1 is 1.56 bits per heavy atom. The first-order chi connectivity index (χ1) is 8.76. The van der Waals surface area contributed by atoms with E-state index in [1.54, 1.807) is 4.57 Å². The number of aliphatic hydroxyl groups is 1. The van der Waals surface area contributed by atoms with Crippen LogP contribution in [0.25, 0.3) is 11.2 Å². The fourth-order valence-electron chi connectivity index (χ4n) is 1.48. The predicted molar refractivity (Wildman–Crippen MR) is 63.2 cm³/mol. The number of fused-ring (bicyclic) bond motifs is 1. The average Bonchev–Trinajstić information content (AvgIpc) is 2.79. The summed E-state index contributed by atoms with van der Waals surface area (Å²) in [6, 6.07) is 0. The second kappa shape index (κ2) is 5.75. The molecule has 0 aliphatic carbocycles. The molecule has 2 aromatic heterocycles. The van der Waals surface area contributed by atoms with Crippen molar-refractivity contribution >= 4 is 24.9 Å².